The zero-order valence-corrected chi connectivity index (χ0v) is 12.1. The molecule has 0 aliphatic heterocycles. The Bertz CT molecular complexity index is 341. The first-order chi connectivity index (χ1) is 8.21. The molecule has 0 bridgehead atoms. The van der Waals surface area contributed by atoms with Crippen molar-refractivity contribution in [3.8, 4) is 11.5 Å². The second-order valence-corrected chi connectivity index (χ2v) is 4.38. The summed E-state index contributed by atoms with van der Waals surface area (Å²) in [6.45, 7) is 2.74. The topological polar surface area (TPSA) is 27.7 Å². The lowest BCUT2D eigenvalue weighted by atomic mass is 10.2. The molecule has 0 spiro atoms. The minimum absolute atomic E-state index is 0.125. The fraction of sp³-hybridized carbons (Fsp3) is 0.538. The van der Waals surface area contributed by atoms with Crippen LogP contribution in [0.1, 0.15) is 18.9 Å². The Morgan fingerprint density at radius 1 is 1.29 bits per heavy atom. The van der Waals surface area contributed by atoms with E-state index in [-0.39, 0.29) is 6.10 Å². The van der Waals surface area contributed by atoms with Crippen LogP contribution in [0.2, 0.25) is 0 Å². The largest absolute Gasteiger partial charge is 0.497 e. The van der Waals surface area contributed by atoms with Crippen molar-refractivity contribution in [1.82, 2.24) is 0 Å². The average Bonchev–Trinajstić information content (AvgIpc) is 2.36. The summed E-state index contributed by atoms with van der Waals surface area (Å²) in [6.07, 6.45) is 0.995. The molecule has 4 heteroatoms. The quantitative estimate of drug-likeness (QED) is 0.723. The third-order valence-corrected chi connectivity index (χ3v) is 3.08. The van der Waals surface area contributed by atoms with Crippen LogP contribution in [0.4, 0.5) is 0 Å². The molecule has 0 aromatic heterocycles. The van der Waals surface area contributed by atoms with Crippen molar-refractivity contribution in [3.63, 3.8) is 0 Å². The second-order valence-electron chi connectivity index (χ2n) is 3.82. The third kappa shape index (κ3) is 4.56. The Hall–Kier alpha value is -0.740. The van der Waals surface area contributed by atoms with E-state index in [4.69, 9.17) is 14.2 Å². The standard InChI is InChI=1S/C13H19BrO3/c1-10(6-7-15-2)17-13-8-12(16-3)5-4-11(13)9-14/h4-5,8,10H,6-7,9H2,1-3H3. The first-order valence-corrected chi connectivity index (χ1v) is 6.72. The van der Waals surface area contributed by atoms with Gasteiger partial charge in [0.2, 0.25) is 0 Å². The van der Waals surface area contributed by atoms with Crippen LogP contribution < -0.4 is 9.47 Å². The Balaban J connectivity index is 2.72. The molecule has 3 nitrogen and oxygen atoms in total. The normalized spacial score (nSPS) is 12.2. The monoisotopic (exact) mass is 302 g/mol. The lowest BCUT2D eigenvalue weighted by Gasteiger charge is -2.17. The van der Waals surface area contributed by atoms with Crippen LogP contribution in [0.25, 0.3) is 0 Å². The van der Waals surface area contributed by atoms with Gasteiger partial charge in [-0.1, -0.05) is 22.0 Å². The van der Waals surface area contributed by atoms with Crippen molar-refractivity contribution in [2.45, 2.75) is 24.8 Å². The molecule has 0 aliphatic carbocycles. The van der Waals surface area contributed by atoms with Crippen molar-refractivity contribution in [2.75, 3.05) is 20.8 Å². The van der Waals surface area contributed by atoms with Gasteiger partial charge >= 0.3 is 0 Å². The molecular formula is C13H19BrO3. The summed E-state index contributed by atoms with van der Waals surface area (Å²) in [5, 5.41) is 0.767. The maximum Gasteiger partial charge on any atom is 0.127 e. The molecule has 0 heterocycles. The fourth-order valence-corrected chi connectivity index (χ4v) is 1.90. The van der Waals surface area contributed by atoms with Gasteiger partial charge in [-0.3, -0.25) is 0 Å². The van der Waals surface area contributed by atoms with E-state index in [2.05, 4.69) is 15.9 Å². The Labute approximate surface area is 111 Å². The molecule has 1 rings (SSSR count). The number of halogens is 1. The molecule has 1 aromatic carbocycles. The smallest absolute Gasteiger partial charge is 0.127 e. The van der Waals surface area contributed by atoms with Crippen LogP contribution in [0, 0.1) is 0 Å². The maximum absolute atomic E-state index is 5.89. The van der Waals surface area contributed by atoms with Crippen LogP contribution in [-0.4, -0.2) is 26.9 Å². The molecule has 0 saturated carbocycles. The molecule has 17 heavy (non-hydrogen) atoms. The Morgan fingerprint density at radius 2 is 2.06 bits per heavy atom. The molecule has 1 atom stereocenters. The van der Waals surface area contributed by atoms with E-state index in [0.29, 0.717) is 6.61 Å². The van der Waals surface area contributed by atoms with Crippen molar-refractivity contribution >= 4 is 15.9 Å². The van der Waals surface area contributed by atoms with Crippen molar-refractivity contribution in [3.05, 3.63) is 23.8 Å². The minimum Gasteiger partial charge on any atom is -0.497 e. The minimum atomic E-state index is 0.125. The maximum atomic E-state index is 5.89. The van der Waals surface area contributed by atoms with E-state index < -0.39 is 0 Å². The molecule has 0 radical (unpaired) electrons. The van der Waals surface area contributed by atoms with Gasteiger partial charge in [0.1, 0.15) is 11.5 Å². The SMILES string of the molecule is COCCC(C)Oc1cc(OC)ccc1CBr. The number of hydrogen-bond acceptors (Lipinski definition) is 3. The molecule has 0 saturated heterocycles. The van der Waals surface area contributed by atoms with E-state index in [1.807, 2.05) is 25.1 Å². The summed E-state index contributed by atoms with van der Waals surface area (Å²) in [7, 11) is 3.35. The third-order valence-electron chi connectivity index (χ3n) is 2.47. The van der Waals surface area contributed by atoms with Crippen LogP contribution in [0.15, 0.2) is 18.2 Å². The number of rotatable bonds is 7. The molecule has 0 aliphatic rings. The van der Waals surface area contributed by atoms with E-state index >= 15 is 0 Å². The van der Waals surface area contributed by atoms with Crippen LogP contribution >= 0.6 is 15.9 Å². The molecule has 96 valence electrons. The highest BCUT2D eigenvalue weighted by Gasteiger charge is 2.09. The summed E-state index contributed by atoms with van der Waals surface area (Å²) in [5.41, 5.74) is 1.12. The molecule has 1 unspecified atom stereocenters. The lowest BCUT2D eigenvalue weighted by molar-refractivity contribution is 0.134. The highest BCUT2D eigenvalue weighted by molar-refractivity contribution is 9.08. The lowest BCUT2D eigenvalue weighted by Crippen LogP contribution is -2.15. The van der Waals surface area contributed by atoms with Gasteiger partial charge in [0.05, 0.1) is 13.2 Å². The van der Waals surface area contributed by atoms with Gasteiger partial charge < -0.3 is 14.2 Å². The number of alkyl halides is 1. The van der Waals surface area contributed by atoms with Gasteiger partial charge in [0.25, 0.3) is 0 Å². The highest BCUT2D eigenvalue weighted by Crippen LogP contribution is 2.27. The van der Waals surface area contributed by atoms with Gasteiger partial charge in [-0.05, 0) is 13.0 Å². The summed E-state index contributed by atoms with van der Waals surface area (Å²) in [6, 6.07) is 5.86. The Morgan fingerprint density at radius 3 is 2.65 bits per heavy atom. The molecule has 0 fully saturated rings. The van der Waals surface area contributed by atoms with Gasteiger partial charge in [-0.25, -0.2) is 0 Å². The van der Waals surface area contributed by atoms with E-state index in [1.54, 1.807) is 14.2 Å². The van der Waals surface area contributed by atoms with Crippen molar-refractivity contribution in [2.24, 2.45) is 0 Å². The number of hydrogen-bond donors (Lipinski definition) is 0. The number of benzene rings is 1. The first-order valence-electron chi connectivity index (χ1n) is 5.59. The first kappa shape index (κ1) is 14.3. The summed E-state index contributed by atoms with van der Waals surface area (Å²) in [4.78, 5) is 0. The predicted molar refractivity (Wildman–Crippen MR) is 72.2 cm³/mol. The van der Waals surface area contributed by atoms with Gasteiger partial charge in [-0.15, -0.1) is 0 Å². The van der Waals surface area contributed by atoms with Gasteiger partial charge in [0.15, 0.2) is 0 Å². The average molecular weight is 303 g/mol. The van der Waals surface area contributed by atoms with Crippen molar-refractivity contribution < 1.29 is 14.2 Å². The van der Waals surface area contributed by atoms with E-state index in [9.17, 15) is 0 Å². The van der Waals surface area contributed by atoms with E-state index in [1.165, 1.54) is 0 Å². The molecule has 0 amide bonds. The van der Waals surface area contributed by atoms with Crippen LogP contribution in [-0.2, 0) is 10.1 Å². The predicted octanol–water partition coefficient (Wildman–Crippen LogP) is 3.39. The van der Waals surface area contributed by atoms with Crippen LogP contribution in [0.5, 0.6) is 11.5 Å². The van der Waals surface area contributed by atoms with Gasteiger partial charge in [0, 0.05) is 37.1 Å². The fourth-order valence-electron chi connectivity index (χ4n) is 1.44. The highest BCUT2D eigenvalue weighted by atomic mass is 79.9. The van der Waals surface area contributed by atoms with Crippen molar-refractivity contribution in [1.29, 1.82) is 0 Å². The Kier molecular flexibility index (Phi) is 6.37. The van der Waals surface area contributed by atoms with E-state index in [0.717, 1.165) is 28.8 Å². The zero-order valence-electron chi connectivity index (χ0n) is 10.5. The summed E-state index contributed by atoms with van der Waals surface area (Å²) in [5.74, 6) is 1.67. The summed E-state index contributed by atoms with van der Waals surface area (Å²) < 4.78 is 16.1. The zero-order chi connectivity index (χ0) is 12.7. The summed E-state index contributed by atoms with van der Waals surface area (Å²) >= 11 is 3.45. The molecule has 0 N–H and O–H groups in total. The number of ether oxygens (including phenoxy) is 3. The van der Waals surface area contributed by atoms with Gasteiger partial charge in [-0.2, -0.15) is 0 Å². The second kappa shape index (κ2) is 7.56. The van der Waals surface area contributed by atoms with Crippen LogP contribution in [0.3, 0.4) is 0 Å². The number of methoxy groups -OCH3 is 2. The molecule has 1 aromatic rings. The molecular weight excluding hydrogens is 284 g/mol.